The molecule has 1 aliphatic rings. The van der Waals surface area contributed by atoms with Gasteiger partial charge in [0, 0.05) is 4.47 Å². The van der Waals surface area contributed by atoms with Gasteiger partial charge in [-0.1, -0.05) is 28.1 Å². The van der Waals surface area contributed by atoms with Crippen LogP contribution in [0.25, 0.3) is 0 Å². The van der Waals surface area contributed by atoms with Crippen molar-refractivity contribution in [2.24, 2.45) is 0 Å². The fourth-order valence-electron chi connectivity index (χ4n) is 2.38. The van der Waals surface area contributed by atoms with Crippen LogP contribution in [0.5, 0.6) is 11.5 Å². The molecule has 2 aromatic carbocycles. The van der Waals surface area contributed by atoms with Crippen LogP contribution in [-0.2, 0) is 9.53 Å². The van der Waals surface area contributed by atoms with E-state index < -0.39 is 5.97 Å². The summed E-state index contributed by atoms with van der Waals surface area (Å²) in [6.45, 7) is 1.69. The van der Waals surface area contributed by atoms with Crippen molar-refractivity contribution in [1.82, 2.24) is 5.32 Å². The van der Waals surface area contributed by atoms with Gasteiger partial charge in [0.1, 0.15) is 0 Å². The summed E-state index contributed by atoms with van der Waals surface area (Å²) in [6.07, 6.45) is 0. The van der Waals surface area contributed by atoms with Gasteiger partial charge in [-0.2, -0.15) is 0 Å². The van der Waals surface area contributed by atoms with E-state index in [0.717, 1.165) is 10.0 Å². The molecule has 0 unspecified atom stereocenters. The summed E-state index contributed by atoms with van der Waals surface area (Å²) >= 11 is 3.28. The van der Waals surface area contributed by atoms with Crippen molar-refractivity contribution in [3.63, 3.8) is 0 Å². The summed E-state index contributed by atoms with van der Waals surface area (Å²) < 4.78 is 16.4. The highest BCUT2D eigenvalue weighted by atomic mass is 79.9. The Hall–Kier alpha value is -2.54. The van der Waals surface area contributed by atoms with Crippen molar-refractivity contribution < 1.29 is 23.8 Å². The van der Waals surface area contributed by atoms with E-state index >= 15 is 0 Å². The Bertz CT molecular complexity index is 808. The number of ether oxygens (including phenoxy) is 3. The monoisotopic (exact) mass is 405 g/mol. The van der Waals surface area contributed by atoms with Gasteiger partial charge < -0.3 is 19.5 Å². The number of rotatable bonds is 5. The van der Waals surface area contributed by atoms with Crippen molar-refractivity contribution >= 4 is 27.8 Å². The molecule has 0 spiro atoms. The van der Waals surface area contributed by atoms with Crippen molar-refractivity contribution in [2.45, 2.75) is 13.0 Å². The summed E-state index contributed by atoms with van der Waals surface area (Å²) in [5, 5.41) is 2.78. The summed E-state index contributed by atoms with van der Waals surface area (Å²) in [7, 11) is 0. The van der Waals surface area contributed by atoms with Gasteiger partial charge in [0.05, 0.1) is 11.6 Å². The predicted molar refractivity (Wildman–Crippen MR) is 93.5 cm³/mol. The maximum atomic E-state index is 12.0. The maximum absolute atomic E-state index is 12.0. The molecular weight excluding hydrogens is 390 g/mol. The van der Waals surface area contributed by atoms with Gasteiger partial charge in [-0.05, 0) is 42.8 Å². The zero-order chi connectivity index (χ0) is 17.8. The number of fused-ring (bicyclic) bond motifs is 1. The molecule has 0 aliphatic carbocycles. The SMILES string of the molecule is C[C@@H](NC(=O)COC(=O)c1cccc(Br)c1)c1ccc2c(c1)OCO2. The summed E-state index contributed by atoms with van der Waals surface area (Å²) in [4.78, 5) is 23.9. The van der Waals surface area contributed by atoms with E-state index in [0.29, 0.717) is 17.1 Å². The minimum atomic E-state index is -0.549. The number of nitrogens with one attached hydrogen (secondary N) is 1. The topological polar surface area (TPSA) is 73.9 Å². The van der Waals surface area contributed by atoms with Crippen LogP contribution in [0.15, 0.2) is 46.9 Å². The molecule has 0 aromatic heterocycles. The Morgan fingerprint density at radius 1 is 1.20 bits per heavy atom. The lowest BCUT2D eigenvalue weighted by Gasteiger charge is -2.15. The molecule has 1 aliphatic heterocycles. The van der Waals surface area contributed by atoms with E-state index in [1.54, 1.807) is 30.3 Å². The van der Waals surface area contributed by atoms with Crippen LogP contribution in [0, 0.1) is 0 Å². The van der Waals surface area contributed by atoms with Gasteiger partial charge in [-0.25, -0.2) is 4.79 Å². The maximum Gasteiger partial charge on any atom is 0.338 e. The predicted octanol–water partition coefficient (Wildman–Crippen LogP) is 3.21. The molecular formula is C18H16BrNO5. The van der Waals surface area contributed by atoms with E-state index in [4.69, 9.17) is 14.2 Å². The number of amides is 1. The average molecular weight is 406 g/mol. The number of benzene rings is 2. The first-order valence-electron chi connectivity index (χ1n) is 7.64. The zero-order valence-electron chi connectivity index (χ0n) is 13.5. The fourth-order valence-corrected chi connectivity index (χ4v) is 2.78. The Morgan fingerprint density at radius 3 is 2.80 bits per heavy atom. The molecule has 1 heterocycles. The molecule has 3 rings (SSSR count). The first-order valence-corrected chi connectivity index (χ1v) is 8.44. The minimum absolute atomic E-state index is 0.199. The molecule has 0 saturated carbocycles. The molecule has 6 nitrogen and oxygen atoms in total. The molecule has 0 radical (unpaired) electrons. The zero-order valence-corrected chi connectivity index (χ0v) is 15.0. The largest absolute Gasteiger partial charge is 0.454 e. The normalized spacial score (nSPS) is 13.2. The number of halogens is 1. The molecule has 1 amide bonds. The number of carbonyl (C=O) groups excluding carboxylic acids is 2. The van der Waals surface area contributed by atoms with Crippen LogP contribution in [0.4, 0.5) is 0 Å². The molecule has 1 atom stereocenters. The standard InChI is InChI=1S/C18H16BrNO5/c1-11(12-5-6-15-16(8-12)25-10-24-15)20-17(21)9-23-18(22)13-3-2-4-14(19)7-13/h2-8,11H,9-10H2,1H3,(H,20,21)/t11-/m1/s1. The van der Waals surface area contributed by atoms with E-state index in [2.05, 4.69) is 21.2 Å². The van der Waals surface area contributed by atoms with Crippen molar-refractivity contribution in [3.8, 4) is 11.5 Å². The molecule has 0 fully saturated rings. The van der Waals surface area contributed by atoms with Crippen LogP contribution >= 0.6 is 15.9 Å². The second kappa shape index (κ2) is 7.57. The average Bonchev–Trinajstić information content (AvgIpc) is 3.07. The van der Waals surface area contributed by atoms with Crippen LogP contribution in [0.1, 0.15) is 28.9 Å². The van der Waals surface area contributed by atoms with Gasteiger partial charge in [0.15, 0.2) is 18.1 Å². The smallest absolute Gasteiger partial charge is 0.338 e. The quantitative estimate of drug-likeness (QED) is 0.773. The van der Waals surface area contributed by atoms with Crippen molar-refractivity contribution in [2.75, 3.05) is 13.4 Å². The van der Waals surface area contributed by atoms with Crippen LogP contribution in [0.3, 0.4) is 0 Å². The Labute approximate surface area is 153 Å². The number of carbonyl (C=O) groups is 2. The van der Waals surface area contributed by atoms with Gasteiger partial charge in [-0.3, -0.25) is 4.79 Å². The number of esters is 1. The van der Waals surface area contributed by atoms with Crippen LogP contribution in [0.2, 0.25) is 0 Å². The van der Waals surface area contributed by atoms with Gasteiger partial charge >= 0.3 is 5.97 Å². The van der Waals surface area contributed by atoms with E-state index in [9.17, 15) is 9.59 Å². The van der Waals surface area contributed by atoms with Gasteiger partial charge in [0.2, 0.25) is 6.79 Å². The second-order valence-corrected chi connectivity index (χ2v) is 6.40. The highest BCUT2D eigenvalue weighted by Crippen LogP contribution is 2.34. The van der Waals surface area contributed by atoms with Crippen molar-refractivity contribution in [1.29, 1.82) is 0 Å². The van der Waals surface area contributed by atoms with E-state index in [1.807, 2.05) is 19.1 Å². The third kappa shape index (κ3) is 4.30. The second-order valence-electron chi connectivity index (χ2n) is 5.49. The molecule has 0 saturated heterocycles. The lowest BCUT2D eigenvalue weighted by atomic mass is 10.1. The Morgan fingerprint density at radius 2 is 2.00 bits per heavy atom. The molecule has 0 bridgehead atoms. The van der Waals surface area contributed by atoms with Gasteiger partial charge in [-0.15, -0.1) is 0 Å². The molecule has 7 heteroatoms. The highest BCUT2D eigenvalue weighted by Gasteiger charge is 2.17. The Balaban J connectivity index is 1.53. The summed E-state index contributed by atoms with van der Waals surface area (Å²) in [5.41, 5.74) is 1.25. The van der Waals surface area contributed by atoms with Crippen LogP contribution in [-0.4, -0.2) is 25.3 Å². The molecule has 1 N–H and O–H groups in total. The summed E-state index contributed by atoms with van der Waals surface area (Å²) in [5.74, 6) is 0.408. The van der Waals surface area contributed by atoms with E-state index in [1.165, 1.54) is 0 Å². The summed E-state index contributed by atoms with van der Waals surface area (Å²) in [6, 6.07) is 12.0. The Kier molecular flexibility index (Phi) is 5.23. The van der Waals surface area contributed by atoms with Crippen molar-refractivity contribution in [3.05, 3.63) is 58.1 Å². The van der Waals surface area contributed by atoms with Gasteiger partial charge in [0.25, 0.3) is 5.91 Å². The molecule has 130 valence electrons. The number of hydrogen-bond donors (Lipinski definition) is 1. The lowest BCUT2D eigenvalue weighted by Crippen LogP contribution is -2.31. The van der Waals surface area contributed by atoms with Crippen LogP contribution < -0.4 is 14.8 Å². The first-order chi connectivity index (χ1) is 12.0. The highest BCUT2D eigenvalue weighted by molar-refractivity contribution is 9.10. The van der Waals surface area contributed by atoms with E-state index in [-0.39, 0.29) is 25.3 Å². The lowest BCUT2D eigenvalue weighted by molar-refractivity contribution is -0.124. The minimum Gasteiger partial charge on any atom is -0.454 e. The number of hydrogen-bond acceptors (Lipinski definition) is 5. The third-order valence-electron chi connectivity index (χ3n) is 3.67. The molecule has 25 heavy (non-hydrogen) atoms. The third-order valence-corrected chi connectivity index (χ3v) is 4.16. The fraction of sp³-hybridized carbons (Fsp3) is 0.222. The molecule has 2 aromatic rings. The first kappa shape index (κ1) is 17.3.